The van der Waals surface area contributed by atoms with Gasteiger partial charge >= 0.3 is 5.97 Å². The summed E-state index contributed by atoms with van der Waals surface area (Å²) >= 11 is 0. The van der Waals surface area contributed by atoms with Gasteiger partial charge in [0.15, 0.2) is 18.1 Å². The highest BCUT2D eigenvalue weighted by atomic mass is 16.6. The zero-order chi connectivity index (χ0) is 17.6. The molecule has 1 heterocycles. The quantitative estimate of drug-likeness (QED) is 0.642. The van der Waals surface area contributed by atoms with Gasteiger partial charge in [0.1, 0.15) is 6.61 Å². The zero-order valence-corrected chi connectivity index (χ0v) is 14.2. The van der Waals surface area contributed by atoms with Crippen LogP contribution in [0.15, 0.2) is 54.7 Å². The van der Waals surface area contributed by atoms with Gasteiger partial charge in [0.2, 0.25) is 0 Å². The molecule has 0 bridgehead atoms. The largest absolute Gasteiger partial charge is 0.493 e. The van der Waals surface area contributed by atoms with E-state index in [2.05, 4.69) is 4.98 Å². The van der Waals surface area contributed by atoms with Crippen LogP contribution in [0.2, 0.25) is 0 Å². The number of fused-ring (bicyclic) bond motifs is 1. The molecular weight excluding hydrogens is 318 g/mol. The normalized spacial score (nSPS) is 10.5. The van der Waals surface area contributed by atoms with Gasteiger partial charge in [-0.3, -0.25) is 4.98 Å². The number of hydrogen-bond donors (Lipinski definition) is 0. The number of methoxy groups -OCH3 is 1. The van der Waals surface area contributed by atoms with Crippen LogP contribution in [0.3, 0.4) is 0 Å². The van der Waals surface area contributed by atoms with Crippen LogP contribution in [-0.2, 0) is 16.1 Å². The number of pyridine rings is 1. The van der Waals surface area contributed by atoms with Crippen molar-refractivity contribution in [2.75, 3.05) is 13.7 Å². The molecule has 0 fully saturated rings. The predicted octanol–water partition coefficient (Wildman–Crippen LogP) is 3.67. The Bertz CT molecular complexity index is 887. The lowest BCUT2D eigenvalue weighted by molar-refractivity contribution is -0.147. The van der Waals surface area contributed by atoms with E-state index >= 15 is 0 Å². The topological polar surface area (TPSA) is 57.7 Å². The van der Waals surface area contributed by atoms with Crippen LogP contribution >= 0.6 is 0 Å². The van der Waals surface area contributed by atoms with Crippen molar-refractivity contribution in [2.45, 2.75) is 13.5 Å². The number of aromatic nitrogens is 1. The number of ether oxygens (including phenoxy) is 3. The van der Waals surface area contributed by atoms with E-state index in [1.807, 2.05) is 49.4 Å². The number of esters is 1. The molecule has 3 rings (SSSR count). The number of rotatable bonds is 6. The molecule has 0 unspecified atom stereocenters. The van der Waals surface area contributed by atoms with Gasteiger partial charge < -0.3 is 14.2 Å². The monoisotopic (exact) mass is 337 g/mol. The Hall–Kier alpha value is -3.08. The smallest absolute Gasteiger partial charge is 0.344 e. The third-order valence-electron chi connectivity index (χ3n) is 3.77. The Kier molecular flexibility index (Phi) is 5.14. The van der Waals surface area contributed by atoms with Crippen molar-refractivity contribution in [3.63, 3.8) is 0 Å². The maximum Gasteiger partial charge on any atom is 0.344 e. The van der Waals surface area contributed by atoms with Crippen molar-refractivity contribution >= 4 is 16.9 Å². The fourth-order valence-corrected chi connectivity index (χ4v) is 2.51. The number of carbonyl (C=O) groups is 1. The van der Waals surface area contributed by atoms with Gasteiger partial charge in [-0.1, -0.05) is 30.3 Å². The molecular formula is C20H19NO4. The van der Waals surface area contributed by atoms with Crippen LogP contribution < -0.4 is 9.47 Å². The van der Waals surface area contributed by atoms with E-state index in [1.54, 1.807) is 19.4 Å². The van der Waals surface area contributed by atoms with Crippen molar-refractivity contribution in [1.82, 2.24) is 4.98 Å². The number of hydrogen-bond acceptors (Lipinski definition) is 5. The highest BCUT2D eigenvalue weighted by Crippen LogP contribution is 2.27. The van der Waals surface area contributed by atoms with Crippen molar-refractivity contribution in [2.24, 2.45) is 0 Å². The highest BCUT2D eigenvalue weighted by Gasteiger charge is 2.10. The first kappa shape index (κ1) is 16.8. The molecule has 0 saturated carbocycles. The van der Waals surface area contributed by atoms with Crippen LogP contribution in [0.4, 0.5) is 0 Å². The van der Waals surface area contributed by atoms with E-state index in [0.717, 1.165) is 22.0 Å². The van der Waals surface area contributed by atoms with Crippen LogP contribution in [0.1, 0.15) is 11.1 Å². The van der Waals surface area contributed by atoms with Gasteiger partial charge in [-0.2, -0.15) is 0 Å². The SMILES string of the molecule is COc1cc(C)ccc1OCC(=O)OCc1cccc2cccnc12. The summed E-state index contributed by atoms with van der Waals surface area (Å²) < 4.78 is 16.1. The third-order valence-corrected chi connectivity index (χ3v) is 3.77. The summed E-state index contributed by atoms with van der Waals surface area (Å²) in [5.74, 6) is 0.651. The van der Waals surface area contributed by atoms with Crippen LogP contribution in [0.5, 0.6) is 11.5 Å². The summed E-state index contributed by atoms with van der Waals surface area (Å²) in [5, 5.41) is 1.01. The number of carbonyl (C=O) groups excluding carboxylic acids is 1. The second-order valence-electron chi connectivity index (χ2n) is 5.60. The van der Waals surface area contributed by atoms with E-state index in [-0.39, 0.29) is 13.2 Å². The number of benzene rings is 2. The molecule has 0 aliphatic rings. The van der Waals surface area contributed by atoms with Crippen molar-refractivity contribution in [1.29, 1.82) is 0 Å². The van der Waals surface area contributed by atoms with E-state index < -0.39 is 5.97 Å². The fourth-order valence-electron chi connectivity index (χ4n) is 2.51. The van der Waals surface area contributed by atoms with E-state index in [9.17, 15) is 4.79 Å². The van der Waals surface area contributed by atoms with Gasteiger partial charge in [-0.15, -0.1) is 0 Å². The summed E-state index contributed by atoms with van der Waals surface area (Å²) in [5.41, 5.74) is 2.74. The molecule has 0 N–H and O–H groups in total. The minimum absolute atomic E-state index is 0.154. The maximum absolute atomic E-state index is 12.0. The first-order chi connectivity index (χ1) is 12.2. The summed E-state index contributed by atoms with van der Waals surface area (Å²) in [4.78, 5) is 16.3. The lowest BCUT2D eigenvalue weighted by atomic mass is 10.1. The molecule has 5 nitrogen and oxygen atoms in total. The molecule has 3 aromatic rings. The average Bonchev–Trinajstić information content (AvgIpc) is 2.65. The maximum atomic E-state index is 12.0. The summed E-state index contributed by atoms with van der Waals surface area (Å²) in [6, 6.07) is 15.2. The molecule has 0 aliphatic heterocycles. The van der Waals surface area contributed by atoms with E-state index in [1.165, 1.54) is 0 Å². The minimum atomic E-state index is -0.449. The highest BCUT2D eigenvalue weighted by molar-refractivity contribution is 5.81. The molecule has 0 spiro atoms. The second-order valence-corrected chi connectivity index (χ2v) is 5.60. The molecule has 0 amide bonds. The molecule has 128 valence electrons. The average molecular weight is 337 g/mol. The standard InChI is InChI=1S/C20H19NO4/c1-14-8-9-17(18(11-14)23-2)24-13-19(22)25-12-16-6-3-5-15-7-4-10-21-20(15)16/h3-11H,12-13H2,1-2H3. The van der Waals surface area contributed by atoms with Crippen molar-refractivity contribution in [3.05, 3.63) is 65.9 Å². The summed E-state index contributed by atoms with van der Waals surface area (Å²) in [6.07, 6.45) is 1.72. The number of nitrogens with zero attached hydrogens (tertiary/aromatic N) is 1. The second kappa shape index (κ2) is 7.66. The van der Waals surface area contributed by atoms with Gasteiger partial charge in [0.05, 0.1) is 12.6 Å². The Balaban J connectivity index is 1.60. The van der Waals surface area contributed by atoms with Gasteiger partial charge in [-0.05, 0) is 30.7 Å². The Morgan fingerprint density at radius 1 is 1.08 bits per heavy atom. The van der Waals surface area contributed by atoms with E-state index in [0.29, 0.717) is 11.5 Å². The fraction of sp³-hybridized carbons (Fsp3) is 0.200. The lowest BCUT2D eigenvalue weighted by Crippen LogP contribution is -2.15. The molecule has 5 heteroatoms. The Morgan fingerprint density at radius 3 is 2.76 bits per heavy atom. The molecule has 0 saturated heterocycles. The van der Waals surface area contributed by atoms with E-state index in [4.69, 9.17) is 14.2 Å². The molecule has 25 heavy (non-hydrogen) atoms. The summed E-state index contributed by atoms with van der Waals surface area (Å²) in [7, 11) is 1.56. The van der Waals surface area contributed by atoms with Gasteiger partial charge in [-0.25, -0.2) is 4.79 Å². The van der Waals surface area contributed by atoms with Crippen molar-refractivity contribution in [3.8, 4) is 11.5 Å². The zero-order valence-electron chi connectivity index (χ0n) is 14.2. The number of para-hydroxylation sites is 1. The third kappa shape index (κ3) is 4.07. The Labute approximate surface area is 146 Å². The van der Waals surface area contributed by atoms with Crippen molar-refractivity contribution < 1.29 is 19.0 Å². The van der Waals surface area contributed by atoms with Crippen LogP contribution in [-0.4, -0.2) is 24.7 Å². The first-order valence-electron chi connectivity index (χ1n) is 7.93. The molecule has 2 aromatic carbocycles. The number of aryl methyl sites for hydroxylation is 1. The predicted molar refractivity (Wildman–Crippen MR) is 94.8 cm³/mol. The van der Waals surface area contributed by atoms with Crippen LogP contribution in [0.25, 0.3) is 10.9 Å². The molecule has 0 atom stereocenters. The van der Waals surface area contributed by atoms with Gasteiger partial charge in [0, 0.05) is 17.1 Å². The summed E-state index contributed by atoms with van der Waals surface area (Å²) in [6.45, 7) is 1.93. The van der Waals surface area contributed by atoms with Crippen LogP contribution in [0, 0.1) is 6.92 Å². The molecule has 1 aromatic heterocycles. The molecule has 0 aliphatic carbocycles. The van der Waals surface area contributed by atoms with Gasteiger partial charge in [0.25, 0.3) is 0 Å². The Morgan fingerprint density at radius 2 is 1.92 bits per heavy atom. The lowest BCUT2D eigenvalue weighted by Gasteiger charge is -2.11. The minimum Gasteiger partial charge on any atom is -0.493 e. The first-order valence-corrected chi connectivity index (χ1v) is 7.93. The molecule has 0 radical (unpaired) electrons.